The van der Waals surface area contributed by atoms with E-state index in [-0.39, 0.29) is 5.91 Å². The van der Waals surface area contributed by atoms with Crippen LogP contribution in [0.2, 0.25) is 0 Å². The second-order valence-electron chi connectivity index (χ2n) is 8.39. The third-order valence-corrected chi connectivity index (χ3v) is 6.24. The molecule has 1 amide bonds. The first-order valence-electron chi connectivity index (χ1n) is 10.9. The monoisotopic (exact) mass is 396 g/mol. The number of carbonyl (C=O) groups excluding carboxylic acids is 1. The molecule has 0 aromatic carbocycles. The van der Waals surface area contributed by atoms with Crippen LogP contribution in [0.5, 0.6) is 0 Å². The molecule has 1 unspecified atom stereocenters. The predicted molar refractivity (Wildman–Crippen MR) is 113 cm³/mol. The van der Waals surface area contributed by atoms with Gasteiger partial charge in [0.05, 0.1) is 12.8 Å². The lowest BCUT2D eigenvalue weighted by Crippen LogP contribution is -2.36. The average molecular weight is 397 g/mol. The fourth-order valence-electron chi connectivity index (χ4n) is 4.59. The van der Waals surface area contributed by atoms with E-state index in [1.54, 1.807) is 16.7 Å². The summed E-state index contributed by atoms with van der Waals surface area (Å²) in [5.41, 5.74) is 4.52. The third-order valence-electron chi connectivity index (χ3n) is 6.24. The highest BCUT2D eigenvalue weighted by atomic mass is 16.3. The maximum atomic E-state index is 13.1. The summed E-state index contributed by atoms with van der Waals surface area (Å²) in [4.78, 5) is 14.8. The van der Waals surface area contributed by atoms with Gasteiger partial charge in [0.25, 0.3) is 5.91 Å². The Morgan fingerprint density at radius 3 is 3.03 bits per heavy atom. The summed E-state index contributed by atoms with van der Waals surface area (Å²) >= 11 is 0. The smallest absolute Gasteiger partial charge is 0.274 e. The Hall–Kier alpha value is -2.34. The number of allylic oxidation sites excluding steroid dienone is 1. The molecular formula is C23H32N4O2. The van der Waals surface area contributed by atoms with Crippen molar-refractivity contribution in [1.29, 1.82) is 0 Å². The number of nitrogens with zero attached hydrogens (tertiary/aromatic N) is 3. The van der Waals surface area contributed by atoms with E-state index < -0.39 is 0 Å². The van der Waals surface area contributed by atoms with E-state index in [4.69, 9.17) is 4.42 Å². The first kappa shape index (κ1) is 20.0. The van der Waals surface area contributed by atoms with Gasteiger partial charge in [0.2, 0.25) is 0 Å². The molecule has 0 saturated heterocycles. The molecule has 4 rings (SSSR count). The summed E-state index contributed by atoms with van der Waals surface area (Å²) in [6.07, 6.45) is 13.3. The van der Waals surface area contributed by atoms with E-state index in [0.717, 1.165) is 43.6 Å². The lowest BCUT2D eigenvalue weighted by atomic mass is 9.90. The van der Waals surface area contributed by atoms with Crippen LogP contribution in [0.15, 0.2) is 34.5 Å². The van der Waals surface area contributed by atoms with Crippen molar-refractivity contribution in [2.24, 2.45) is 7.05 Å². The summed E-state index contributed by atoms with van der Waals surface area (Å²) in [7, 11) is 3.76. The van der Waals surface area contributed by atoms with Gasteiger partial charge in [-0.2, -0.15) is 5.10 Å². The van der Waals surface area contributed by atoms with Crippen LogP contribution in [-0.4, -0.2) is 40.2 Å². The van der Waals surface area contributed by atoms with E-state index in [1.165, 1.54) is 31.4 Å². The summed E-state index contributed by atoms with van der Waals surface area (Å²) in [5, 5.41) is 8.32. The van der Waals surface area contributed by atoms with Gasteiger partial charge >= 0.3 is 0 Å². The van der Waals surface area contributed by atoms with Crippen molar-refractivity contribution in [1.82, 2.24) is 20.0 Å². The number of aromatic nitrogens is 2. The maximum absolute atomic E-state index is 13.1. The van der Waals surface area contributed by atoms with Crippen LogP contribution in [-0.2, 0) is 26.4 Å². The van der Waals surface area contributed by atoms with Gasteiger partial charge < -0.3 is 14.6 Å². The number of hydrogen-bond acceptors (Lipinski definition) is 4. The maximum Gasteiger partial charge on any atom is 0.274 e. The zero-order valence-corrected chi connectivity index (χ0v) is 17.6. The van der Waals surface area contributed by atoms with Gasteiger partial charge in [-0.25, -0.2) is 0 Å². The van der Waals surface area contributed by atoms with E-state index in [0.29, 0.717) is 18.3 Å². The zero-order chi connectivity index (χ0) is 20.2. The number of furan rings is 1. The number of aryl methyl sites for hydroxylation is 1. The Kier molecular flexibility index (Phi) is 6.19. The van der Waals surface area contributed by atoms with E-state index in [2.05, 4.69) is 16.5 Å². The molecule has 1 N–H and O–H groups in total. The van der Waals surface area contributed by atoms with Gasteiger partial charge in [-0.05, 0) is 70.0 Å². The number of fused-ring (bicyclic) bond motifs is 1. The molecule has 2 heterocycles. The van der Waals surface area contributed by atoms with Crippen LogP contribution in [0.1, 0.15) is 66.0 Å². The standard InChI is InChI=1S/C23H32N4O2/c1-26(16-19-9-6-14-29-19)23(28)22-20-15-18(10-11-21(20)27(2)25-22)24-13-12-17-7-4-3-5-8-17/h6-7,9,14,18,24H,3-5,8,10-13,15-16H2,1-2H3. The quantitative estimate of drug-likeness (QED) is 0.726. The number of hydrogen-bond donors (Lipinski definition) is 1. The summed E-state index contributed by atoms with van der Waals surface area (Å²) < 4.78 is 7.28. The SMILES string of the molecule is CN(Cc1ccco1)C(=O)c1nn(C)c2c1CC(NCCC1=CCCCC1)CC2. The van der Waals surface area contributed by atoms with Crippen molar-refractivity contribution in [3.05, 3.63) is 52.8 Å². The highest BCUT2D eigenvalue weighted by molar-refractivity contribution is 5.94. The van der Waals surface area contributed by atoms with Gasteiger partial charge in [-0.1, -0.05) is 11.6 Å². The lowest BCUT2D eigenvalue weighted by molar-refractivity contribution is 0.0767. The highest BCUT2D eigenvalue weighted by Crippen LogP contribution is 2.26. The van der Waals surface area contributed by atoms with Crippen molar-refractivity contribution < 1.29 is 9.21 Å². The summed E-state index contributed by atoms with van der Waals surface area (Å²) in [6.45, 7) is 1.47. The molecule has 6 nitrogen and oxygen atoms in total. The van der Waals surface area contributed by atoms with Gasteiger partial charge in [0.1, 0.15) is 5.76 Å². The van der Waals surface area contributed by atoms with Gasteiger partial charge in [-0.3, -0.25) is 9.48 Å². The largest absolute Gasteiger partial charge is 0.467 e. The molecule has 2 aromatic rings. The second kappa shape index (κ2) is 8.99. The lowest BCUT2D eigenvalue weighted by Gasteiger charge is -2.25. The molecule has 1 atom stereocenters. The van der Waals surface area contributed by atoms with Crippen molar-refractivity contribution in [2.75, 3.05) is 13.6 Å². The van der Waals surface area contributed by atoms with Crippen LogP contribution in [0.25, 0.3) is 0 Å². The van der Waals surface area contributed by atoms with Crippen LogP contribution in [0.4, 0.5) is 0 Å². The summed E-state index contributed by atoms with van der Waals surface area (Å²) in [6, 6.07) is 4.15. The molecule has 156 valence electrons. The Bertz CT molecular complexity index is 866. The number of rotatable bonds is 7. The first-order chi connectivity index (χ1) is 14.1. The van der Waals surface area contributed by atoms with Crippen molar-refractivity contribution in [3.63, 3.8) is 0 Å². The molecule has 0 aliphatic heterocycles. The molecule has 0 saturated carbocycles. The predicted octanol–water partition coefficient (Wildman–Crippen LogP) is 3.62. The zero-order valence-electron chi connectivity index (χ0n) is 17.6. The Morgan fingerprint density at radius 1 is 1.38 bits per heavy atom. The molecule has 0 spiro atoms. The number of amides is 1. The van der Waals surface area contributed by atoms with E-state index in [9.17, 15) is 4.79 Å². The minimum absolute atomic E-state index is 0.0359. The molecule has 6 heteroatoms. The fourth-order valence-corrected chi connectivity index (χ4v) is 4.59. The molecule has 2 aliphatic carbocycles. The molecule has 2 aliphatic rings. The van der Waals surface area contributed by atoms with Crippen molar-refractivity contribution >= 4 is 5.91 Å². The number of nitrogens with one attached hydrogen (secondary N) is 1. The second-order valence-corrected chi connectivity index (χ2v) is 8.39. The van der Waals surface area contributed by atoms with Crippen LogP contribution in [0, 0.1) is 0 Å². The third kappa shape index (κ3) is 4.64. The molecule has 0 bridgehead atoms. The first-order valence-corrected chi connectivity index (χ1v) is 10.9. The van der Waals surface area contributed by atoms with E-state index in [1.807, 2.05) is 30.9 Å². The molecule has 2 aromatic heterocycles. The molecular weight excluding hydrogens is 364 g/mol. The summed E-state index contributed by atoms with van der Waals surface area (Å²) in [5.74, 6) is 0.744. The van der Waals surface area contributed by atoms with Crippen molar-refractivity contribution in [3.8, 4) is 0 Å². The van der Waals surface area contributed by atoms with Crippen LogP contribution < -0.4 is 5.32 Å². The van der Waals surface area contributed by atoms with Gasteiger partial charge in [0, 0.05) is 31.4 Å². The Balaban J connectivity index is 1.39. The Morgan fingerprint density at radius 2 is 2.28 bits per heavy atom. The molecule has 0 fully saturated rings. The van der Waals surface area contributed by atoms with Crippen molar-refractivity contribution in [2.45, 2.75) is 64.0 Å². The minimum Gasteiger partial charge on any atom is -0.467 e. The molecule has 0 radical (unpaired) electrons. The fraction of sp³-hybridized carbons (Fsp3) is 0.565. The van der Waals surface area contributed by atoms with Gasteiger partial charge in [0.15, 0.2) is 5.69 Å². The van der Waals surface area contributed by atoms with Crippen LogP contribution >= 0.6 is 0 Å². The highest BCUT2D eigenvalue weighted by Gasteiger charge is 2.29. The average Bonchev–Trinajstić information content (AvgIpc) is 3.36. The normalized spacial score (nSPS) is 19.0. The minimum atomic E-state index is -0.0359. The van der Waals surface area contributed by atoms with E-state index >= 15 is 0 Å². The molecule has 29 heavy (non-hydrogen) atoms. The number of carbonyl (C=O) groups is 1. The topological polar surface area (TPSA) is 63.3 Å². The van der Waals surface area contributed by atoms with Crippen LogP contribution in [0.3, 0.4) is 0 Å². The van der Waals surface area contributed by atoms with Gasteiger partial charge in [-0.15, -0.1) is 0 Å². The Labute approximate surface area is 172 Å².